The molecule has 0 radical (unpaired) electrons. The van der Waals surface area contributed by atoms with E-state index in [9.17, 15) is 22.0 Å². The summed E-state index contributed by atoms with van der Waals surface area (Å²) in [7, 11) is 0. The lowest BCUT2D eigenvalue weighted by atomic mass is 9.68. The van der Waals surface area contributed by atoms with Crippen LogP contribution in [-0.2, 0) is 0 Å². The van der Waals surface area contributed by atoms with Gasteiger partial charge in [-0.15, -0.1) is 0 Å². The van der Waals surface area contributed by atoms with E-state index in [0.717, 1.165) is 18.8 Å². The Morgan fingerprint density at radius 1 is 0.826 bits per heavy atom. The lowest BCUT2D eigenvalue weighted by Gasteiger charge is -2.37. The van der Waals surface area contributed by atoms with E-state index in [-0.39, 0.29) is 0 Å². The Kier molecular flexibility index (Phi) is 6.49. The molecule has 0 amide bonds. The van der Waals surface area contributed by atoms with Crippen LogP contribution < -0.4 is 0 Å². The van der Waals surface area contributed by atoms with Gasteiger partial charge in [-0.05, 0) is 56.3 Å². The number of halogens is 5. The summed E-state index contributed by atoms with van der Waals surface area (Å²) in [6.07, 6.45) is 4.32. The molecule has 0 aromatic rings. The Balaban J connectivity index is 1.83. The van der Waals surface area contributed by atoms with E-state index in [2.05, 4.69) is 6.92 Å². The number of hydrogen-bond acceptors (Lipinski definition) is 0. The highest BCUT2D eigenvalue weighted by atomic mass is 19.4. The van der Waals surface area contributed by atoms with E-state index in [0.29, 0.717) is 24.7 Å². The topological polar surface area (TPSA) is 0 Å². The highest BCUT2D eigenvalue weighted by Gasteiger charge is 2.41. The molecular formula is C18H27F5. The van der Waals surface area contributed by atoms with Crippen molar-refractivity contribution in [3.63, 3.8) is 0 Å². The number of rotatable bonds is 4. The third kappa shape index (κ3) is 4.93. The van der Waals surface area contributed by atoms with Crippen LogP contribution in [0.2, 0.25) is 0 Å². The van der Waals surface area contributed by atoms with Crippen LogP contribution in [0.15, 0.2) is 11.7 Å². The van der Waals surface area contributed by atoms with Crippen LogP contribution in [0.5, 0.6) is 0 Å². The van der Waals surface area contributed by atoms with Crippen molar-refractivity contribution in [2.24, 2.45) is 23.7 Å². The van der Waals surface area contributed by atoms with Crippen LogP contribution in [0.3, 0.4) is 0 Å². The van der Waals surface area contributed by atoms with Gasteiger partial charge in [0.05, 0.1) is 0 Å². The van der Waals surface area contributed by atoms with Gasteiger partial charge in [-0.3, -0.25) is 0 Å². The molecule has 2 aliphatic carbocycles. The minimum Gasteiger partial charge on any atom is -0.208 e. The number of hydrogen-bond donors (Lipinski definition) is 0. The molecule has 0 N–H and O–H groups in total. The van der Waals surface area contributed by atoms with Gasteiger partial charge in [0.15, 0.2) is 0 Å². The van der Waals surface area contributed by atoms with Gasteiger partial charge in [-0.1, -0.05) is 32.6 Å². The quantitative estimate of drug-likeness (QED) is 0.479. The maximum atomic E-state index is 13.7. The molecule has 23 heavy (non-hydrogen) atoms. The number of allylic oxidation sites excluding steroid dienone is 2. The van der Waals surface area contributed by atoms with Gasteiger partial charge in [-0.25, -0.2) is 4.39 Å². The van der Waals surface area contributed by atoms with Gasteiger partial charge in [0.1, 0.15) is 5.83 Å². The first-order valence-electron chi connectivity index (χ1n) is 8.95. The molecule has 0 nitrogen and oxygen atoms in total. The number of alkyl halides is 3. The molecule has 0 aromatic carbocycles. The van der Waals surface area contributed by atoms with Gasteiger partial charge in [0.2, 0.25) is 5.83 Å². The van der Waals surface area contributed by atoms with Gasteiger partial charge >= 0.3 is 6.18 Å². The van der Waals surface area contributed by atoms with Crippen LogP contribution in [0.4, 0.5) is 22.0 Å². The standard InChI is InChI=1S/C18H27F5/c1-2-3-12-4-6-13(7-5-12)14-8-10-15(11-9-14)16(19)17(20)18(21,22)23/h12-15H,2-11H2,1H3. The van der Waals surface area contributed by atoms with E-state index in [1.165, 1.54) is 38.5 Å². The summed E-state index contributed by atoms with van der Waals surface area (Å²) < 4.78 is 63.4. The first-order chi connectivity index (χ1) is 10.8. The lowest BCUT2D eigenvalue weighted by Crippen LogP contribution is -2.26. The maximum absolute atomic E-state index is 13.7. The van der Waals surface area contributed by atoms with Gasteiger partial charge in [0, 0.05) is 5.92 Å². The van der Waals surface area contributed by atoms with E-state index in [4.69, 9.17) is 0 Å². The molecular weight excluding hydrogens is 311 g/mol. The van der Waals surface area contributed by atoms with E-state index in [1.54, 1.807) is 0 Å². The molecule has 0 heterocycles. The lowest BCUT2D eigenvalue weighted by molar-refractivity contribution is -0.112. The summed E-state index contributed by atoms with van der Waals surface area (Å²) in [5.41, 5.74) is 0. The molecule has 0 atom stereocenters. The van der Waals surface area contributed by atoms with E-state index >= 15 is 0 Å². The molecule has 5 heteroatoms. The predicted octanol–water partition coefficient (Wildman–Crippen LogP) is 7.11. The summed E-state index contributed by atoms with van der Waals surface area (Å²) >= 11 is 0. The Labute approximate surface area is 135 Å². The minimum absolute atomic E-state index is 0.342. The van der Waals surface area contributed by atoms with Crippen LogP contribution >= 0.6 is 0 Å². The SMILES string of the molecule is CCCC1CCC(C2CCC(C(F)=C(F)C(F)(F)F)CC2)CC1. The second kappa shape index (κ2) is 7.98. The summed E-state index contributed by atoms with van der Waals surface area (Å²) in [6, 6.07) is 0. The Morgan fingerprint density at radius 3 is 1.74 bits per heavy atom. The molecule has 0 aromatic heterocycles. The average molecular weight is 338 g/mol. The second-order valence-electron chi connectivity index (χ2n) is 7.34. The smallest absolute Gasteiger partial charge is 0.208 e. The minimum atomic E-state index is -5.20. The Morgan fingerprint density at radius 2 is 1.30 bits per heavy atom. The zero-order valence-electron chi connectivity index (χ0n) is 13.8. The molecule has 2 rings (SSSR count). The largest absolute Gasteiger partial charge is 0.445 e. The molecule has 2 saturated carbocycles. The summed E-state index contributed by atoms with van der Waals surface area (Å²) in [5, 5.41) is 0. The van der Waals surface area contributed by atoms with Gasteiger partial charge in [-0.2, -0.15) is 17.6 Å². The summed E-state index contributed by atoms with van der Waals surface area (Å²) in [4.78, 5) is 0. The fraction of sp³-hybridized carbons (Fsp3) is 0.889. The normalized spacial score (nSPS) is 34.2. The van der Waals surface area contributed by atoms with Crippen molar-refractivity contribution < 1.29 is 22.0 Å². The fourth-order valence-corrected chi connectivity index (χ4v) is 4.52. The van der Waals surface area contributed by atoms with Gasteiger partial charge < -0.3 is 0 Å². The first-order valence-corrected chi connectivity index (χ1v) is 8.95. The molecule has 0 spiro atoms. The zero-order valence-corrected chi connectivity index (χ0v) is 13.8. The Bertz CT molecular complexity index is 396. The molecule has 2 fully saturated rings. The summed E-state index contributed by atoms with van der Waals surface area (Å²) in [5.74, 6) is -3.05. The first kappa shape index (κ1) is 18.7. The van der Waals surface area contributed by atoms with E-state index < -0.39 is 23.7 Å². The molecule has 0 bridgehead atoms. The maximum Gasteiger partial charge on any atom is 0.445 e. The fourth-order valence-electron chi connectivity index (χ4n) is 4.52. The van der Waals surface area contributed by atoms with Crippen molar-refractivity contribution in [3.8, 4) is 0 Å². The van der Waals surface area contributed by atoms with E-state index in [1.807, 2.05) is 0 Å². The monoisotopic (exact) mass is 338 g/mol. The van der Waals surface area contributed by atoms with Crippen LogP contribution in [0, 0.1) is 23.7 Å². The molecule has 0 unspecified atom stereocenters. The summed E-state index contributed by atoms with van der Waals surface area (Å²) in [6.45, 7) is 2.20. The van der Waals surface area contributed by atoms with Crippen molar-refractivity contribution in [2.45, 2.75) is 77.3 Å². The third-order valence-corrected chi connectivity index (χ3v) is 5.84. The second-order valence-corrected chi connectivity index (χ2v) is 7.34. The molecule has 0 aliphatic heterocycles. The molecule has 134 valence electrons. The van der Waals surface area contributed by atoms with Crippen molar-refractivity contribution in [2.75, 3.05) is 0 Å². The third-order valence-electron chi connectivity index (χ3n) is 5.84. The van der Waals surface area contributed by atoms with Crippen LogP contribution in [0.25, 0.3) is 0 Å². The van der Waals surface area contributed by atoms with Crippen molar-refractivity contribution >= 4 is 0 Å². The predicted molar refractivity (Wildman–Crippen MR) is 81.1 cm³/mol. The highest BCUT2D eigenvalue weighted by Crippen LogP contribution is 2.45. The van der Waals surface area contributed by atoms with Gasteiger partial charge in [0.25, 0.3) is 0 Å². The molecule has 2 aliphatic rings. The van der Waals surface area contributed by atoms with Crippen molar-refractivity contribution in [1.82, 2.24) is 0 Å². The zero-order chi connectivity index (χ0) is 17.0. The van der Waals surface area contributed by atoms with Crippen molar-refractivity contribution in [3.05, 3.63) is 11.7 Å². The molecule has 0 saturated heterocycles. The Hall–Kier alpha value is -0.610. The van der Waals surface area contributed by atoms with Crippen molar-refractivity contribution in [1.29, 1.82) is 0 Å². The van der Waals surface area contributed by atoms with Crippen LogP contribution in [0.1, 0.15) is 71.1 Å². The highest BCUT2D eigenvalue weighted by molar-refractivity contribution is 5.10. The average Bonchev–Trinajstić information content (AvgIpc) is 2.54. The van der Waals surface area contributed by atoms with Crippen LogP contribution in [-0.4, -0.2) is 6.18 Å².